The third-order valence-electron chi connectivity index (χ3n) is 8.35. The molecule has 2 aliphatic rings. The Balaban J connectivity index is 1.31. The smallest absolute Gasteiger partial charge is 0.326 e. The van der Waals surface area contributed by atoms with Crippen LogP contribution in [0.15, 0.2) is 48.5 Å². The SMILES string of the molecule is CC1(C)C(=O)CC1C(=O)Nc1c(F)ccc(NC(=O)c2cc(NC(=O)[C@H]3[C@H](c4ccc(F)c(C(F)(F)F)c4)C3(Cl)Cl)ccc2Cl)c1F. The van der Waals surface area contributed by atoms with Crippen molar-refractivity contribution in [1.29, 1.82) is 0 Å². The van der Waals surface area contributed by atoms with Crippen molar-refractivity contribution in [1.82, 2.24) is 0 Å². The fourth-order valence-corrected chi connectivity index (χ4v) is 6.40. The molecule has 0 saturated heterocycles. The largest absolute Gasteiger partial charge is 0.419 e. The Morgan fingerprint density at radius 3 is 2.15 bits per heavy atom. The Morgan fingerprint density at radius 1 is 0.872 bits per heavy atom. The molecule has 0 heterocycles. The monoisotopic (exact) mass is 719 g/mol. The van der Waals surface area contributed by atoms with E-state index in [2.05, 4.69) is 16.0 Å². The summed E-state index contributed by atoms with van der Waals surface area (Å²) in [5.74, 6) is -9.97. The van der Waals surface area contributed by atoms with Crippen LogP contribution in [0.4, 0.5) is 43.4 Å². The maximum atomic E-state index is 15.3. The summed E-state index contributed by atoms with van der Waals surface area (Å²) in [6, 6.07) is 7.48. The van der Waals surface area contributed by atoms with Crippen LogP contribution in [-0.4, -0.2) is 27.8 Å². The van der Waals surface area contributed by atoms with Crippen molar-refractivity contribution in [2.45, 2.75) is 36.7 Å². The van der Waals surface area contributed by atoms with Crippen molar-refractivity contribution in [3.8, 4) is 0 Å². The van der Waals surface area contributed by atoms with E-state index in [0.717, 1.165) is 24.3 Å². The van der Waals surface area contributed by atoms with Gasteiger partial charge in [0.1, 0.15) is 27.4 Å². The van der Waals surface area contributed by atoms with Gasteiger partial charge in [-0.3, -0.25) is 19.2 Å². The van der Waals surface area contributed by atoms with Crippen LogP contribution in [0.3, 0.4) is 0 Å². The van der Waals surface area contributed by atoms with Gasteiger partial charge >= 0.3 is 6.18 Å². The van der Waals surface area contributed by atoms with Gasteiger partial charge in [-0.15, -0.1) is 23.2 Å². The van der Waals surface area contributed by atoms with Crippen LogP contribution < -0.4 is 16.0 Å². The molecule has 7 nitrogen and oxygen atoms in total. The maximum Gasteiger partial charge on any atom is 0.419 e. The molecule has 3 aromatic carbocycles. The van der Waals surface area contributed by atoms with Crippen LogP contribution in [0, 0.1) is 34.7 Å². The van der Waals surface area contributed by atoms with Gasteiger partial charge in [0.15, 0.2) is 5.82 Å². The molecule has 0 bridgehead atoms. The highest BCUT2D eigenvalue weighted by Crippen LogP contribution is 2.65. The van der Waals surface area contributed by atoms with E-state index in [1.165, 1.54) is 26.0 Å². The van der Waals surface area contributed by atoms with Crippen molar-refractivity contribution in [2.24, 2.45) is 17.3 Å². The van der Waals surface area contributed by atoms with Crippen molar-refractivity contribution < 1.29 is 45.5 Å². The van der Waals surface area contributed by atoms with Gasteiger partial charge in [0.2, 0.25) is 11.8 Å². The predicted molar refractivity (Wildman–Crippen MR) is 162 cm³/mol. The van der Waals surface area contributed by atoms with Gasteiger partial charge in [-0.1, -0.05) is 31.5 Å². The number of carbonyl (C=O) groups is 4. The number of rotatable bonds is 7. The van der Waals surface area contributed by atoms with Crippen molar-refractivity contribution in [3.05, 3.63) is 87.7 Å². The van der Waals surface area contributed by atoms with Crippen LogP contribution in [-0.2, 0) is 20.6 Å². The van der Waals surface area contributed by atoms with Gasteiger partial charge in [-0.05, 0) is 48.0 Å². The molecule has 2 fully saturated rings. The van der Waals surface area contributed by atoms with Gasteiger partial charge in [-0.2, -0.15) is 13.2 Å². The van der Waals surface area contributed by atoms with E-state index < -0.39 is 85.8 Å². The molecule has 3 aromatic rings. The lowest BCUT2D eigenvalue weighted by Gasteiger charge is -2.41. The van der Waals surface area contributed by atoms with Crippen molar-refractivity contribution in [3.63, 3.8) is 0 Å². The second-order valence-corrected chi connectivity index (χ2v) is 13.5. The van der Waals surface area contributed by atoms with Gasteiger partial charge in [0.25, 0.3) is 5.91 Å². The van der Waals surface area contributed by atoms with E-state index in [1.54, 1.807) is 0 Å². The summed E-state index contributed by atoms with van der Waals surface area (Å²) in [7, 11) is 0. The molecule has 0 aliphatic heterocycles. The number of hydrogen-bond donors (Lipinski definition) is 3. The van der Waals surface area contributed by atoms with E-state index in [4.69, 9.17) is 34.8 Å². The standard InChI is InChI=1S/C31H22Cl3F6N3O4/c1-29(2)16(11-21(29)44)27(46)43-25-19(36)7-8-20(24(25)37)42-26(45)14-10-13(4-5-17(14)32)41-28(47)23-22(30(23,33)34)12-3-6-18(35)15(9-12)31(38,39)40/h3-10,16,22-23H,11H2,1-2H3,(H,41,47)(H,42,45)(H,43,46)/t16?,22-,23+/m0/s1. The van der Waals surface area contributed by atoms with E-state index in [9.17, 15) is 41.1 Å². The molecule has 2 saturated carbocycles. The van der Waals surface area contributed by atoms with Gasteiger partial charge in [0.05, 0.1) is 33.7 Å². The fourth-order valence-electron chi connectivity index (χ4n) is 5.37. The van der Waals surface area contributed by atoms with Crippen LogP contribution in [0.5, 0.6) is 0 Å². The van der Waals surface area contributed by atoms with Crippen molar-refractivity contribution >= 4 is 75.4 Å². The Hall–Kier alpha value is -3.81. The normalized spacial score (nSPS) is 21.0. The van der Waals surface area contributed by atoms with Crippen molar-refractivity contribution in [2.75, 3.05) is 16.0 Å². The Bertz CT molecular complexity index is 1850. The van der Waals surface area contributed by atoms with Crippen LogP contribution in [0.25, 0.3) is 0 Å². The highest BCUT2D eigenvalue weighted by Gasteiger charge is 2.67. The van der Waals surface area contributed by atoms with Crippen LogP contribution in [0.1, 0.15) is 47.7 Å². The zero-order valence-electron chi connectivity index (χ0n) is 24.1. The average Bonchev–Trinajstić information content (AvgIpc) is 3.57. The number of alkyl halides is 5. The first-order chi connectivity index (χ1) is 21.7. The number of halogens is 9. The summed E-state index contributed by atoms with van der Waals surface area (Å²) < 4.78 is 81.4. The molecule has 1 unspecified atom stereocenters. The molecule has 5 rings (SSSR count). The number of anilines is 3. The van der Waals surface area contributed by atoms with Crippen LogP contribution >= 0.6 is 34.8 Å². The van der Waals surface area contributed by atoms with Gasteiger partial charge in [-0.25, -0.2) is 13.2 Å². The van der Waals surface area contributed by atoms with Crippen LogP contribution in [0.2, 0.25) is 5.02 Å². The zero-order valence-corrected chi connectivity index (χ0v) is 26.4. The maximum absolute atomic E-state index is 15.3. The zero-order chi connectivity index (χ0) is 34.8. The molecule has 3 N–H and O–H groups in total. The highest BCUT2D eigenvalue weighted by molar-refractivity contribution is 6.53. The molecular formula is C31H22Cl3F6N3O4. The summed E-state index contributed by atoms with van der Waals surface area (Å²) in [5, 5.41) is 6.66. The van der Waals surface area contributed by atoms with E-state index in [1.807, 2.05) is 0 Å². The Kier molecular flexibility index (Phi) is 8.82. The first-order valence-corrected chi connectivity index (χ1v) is 14.9. The van der Waals surface area contributed by atoms with E-state index in [-0.39, 0.29) is 34.0 Å². The molecule has 47 heavy (non-hydrogen) atoms. The summed E-state index contributed by atoms with van der Waals surface area (Å²) in [4.78, 5) is 50.6. The molecule has 3 amide bonds. The third kappa shape index (κ3) is 6.40. The number of benzene rings is 3. The first-order valence-electron chi connectivity index (χ1n) is 13.7. The molecule has 0 spiro atoms. The Morgan fingerprint density at radius 2 is 1.53 bits per heavy atom. The summed E-state index contributed by atoms with van der Waals surface area (Å²) in [5.41, 5.74) is -4.37. The molecule has 0 aromatic heterocycles. The highest BCUT2D eigenvalue weighted by atomic mass is 35.5. The predicted octanol–water partition coefficient (Wildman–Crippen LogP) is 8.11. The first kappa shape index (κ1) is 34.5. The minimum atomic E-state index is -5.00. The fraction of sp³-hybridized carbons (Fsp3) is 0.290. The second-order valence-electron chi connectivity index (χ2n) is 11.7. The number of nitrogens with one attached hydrogen (secondary N) is 3. The lowest BCUT2D eigenvalue weighted by Crippen LogP contribution is -2.51. The topological polar surface area (TPSA) is 104 Å². The van der Waals surface area contributed by atoms with E-state index >= 15 is 4.39 Å². The van der Waals surface area contributed by atoms with Gasteiger partial charge < -0.3 is 16.0 Å². The number of amides is 3. The average molecular weight is 721 g/mol. The lowest BCUT2D eigenvalue weighted by atomic mass is 9.61. The molecular weight excluding hydrogens is 699 g/mol. The number of Topliss-reactive ketones (excluding diaryl/α,β-unsaturated/α-hetero) is 1. The molecule has 2 aliphatic carbocycles. The number of ketones is 1. The van der Waals surface area contributed by atoms with Gasteiger partial charge in [0, 0.05) is 23.4 Å². The molecule has 3 atom stereocenters. The second kappa shape index (κ2) is 12.0. The number of carbonyl (C=O) groups excluding carboxylic acids is 4. The quantitative estimate of drug-likeness (QED) is 0.170. The third-order valence-corrected chi connectivity index (χ3v) is 9.62. The number of hydrogen-bond acceptors (Lipinski definition) is 4. The Labute approximate surface area is 277 Å². The summed E-state index contributed by atoms with van der Waals surface area (Å²) in [6.45, 7) is 3.08. The summed E-state index contributed by atoms with van der Waals surface area (Å²) >= 11 is 18.6. The summed E-state index contributed by atoms with van der Waals surface area (Å²) in [6.07, 6.45) is -5.09. The van der Waals surface area contributed by atoms with E-state index in [0.29, 0.717) is 12.1 Å². The molecule has 16 heteroatoms. The molecule has 248 valence electrons. The minimum absolute atomic E-state index is 0.0281. The minimum Gasteiger partial charge on any atom is -0.326 e. The lowest BCUT2D eigenvalue weighted by molar-refractivity contribution is -0.149. The molecule has 0 radical (unpaired) electrons.